The van der Waals surface area contributed by atoms with Gasteiger partial charge in [-0.2, -0.15) is 0 Å². The van der Waals surface area contributed by atoms with Gasteiger partial charge in [0.2, 0.25) is 0 Å². The molecule has 0 aromatic heterocycles. The van der Waals surface area contributed by atoms with Crippen LogP contribution in [0.5, 0.6) is 0 Å². The number of likely N-dealkylation sites (N-methyl/N-ethyl adjacent to an activating group) is 1. The first-order valence-corrected chi connectivity index (χ1v) is 7.66. The molecule has 0 bridgehead atoms. The topological polar surface area (TPSA) is 15.3 Å². The van der Waals surface area contributed by atoms with E-state index in [-0.39, 0.29) is 5.50 Å². The molecule has 1 rings (SSSR count). The van der Waals surface area contributed by atoms with E-state index >= 15 is 0 Å². The zero-order chi connectivity index (χ0) is 14.3. The van der Waals surface area contributed by atoms with E-state index in [1.165, 1.54) is 5.56 Å². The van der Waals surface area contributed by atoms with E-state index in [2.05, 4.69) is 36.3 Å². The third-order valence-electron chi connectivity index (χ3n) is 3.19. The highest BCUT2D eigenvalue weighted by atomic mass is 35.5. The lowest BCUT2D eigenvalue weighted by atomic mass is 10.1. The molecule has 0 amide bonds. The van der Waals surface area contributed by atoms with Crippen LogP contribution in [0.3, 0.4) is 0 Å². The summed E-state index contributed by atoms with van der Waals surface area (Å²) in [5.41, 5.74) is 1.35. The Bertz CT molecular complexity index is 352. The molecule has 19 heavy (non-hydrogen) atoms. The largest absolute Gasteiger partial charge is 0.312 e. The molecule has 1 N–H and O–H groups in total. The molecule has 0 aliphatic carbocycles. The Kier molecular flexibility index (Phi) is 7.77. The molecule has 0 aliphatic heterocycles. The van der Waals surface area contributed by atoms with Gasteiger partial charge in [0.25, 0.3) is 0 Å². The molecule has 0 radical (unpaired) electrons. The number of alkyl halides is 1. The Morgan fingerprint density at radius 1 is 1.26 bits per heavy atom. The summed E-state index contributed by atoms with van der Waals surface area (Å²) >= 11 is 12.0. The number of nitrogens with one attached hydrogen (secondary N) is 1. The first-order chi connectivity index (χ1) is 9.02. The van der Waals surface area contributed by atoms with Crippen molar-refractivity contribution in [3.63, 3.8) is 0 Å². The summed E-state index contributed by atoms with van der Waals surface area (Å²) in [4.78, 5) is 2.16. The highest BCUT2D eigenvalue weighted by molar-refractivity contribution is 6.30. The monoisotopic (exact) mass is 302 g/mol. The summed E-state index contributed by atoms with van der Waals surface area (Å²) in [6.07, 6.45) is 2.13. The Balaban J connectivity index is 2.60. The van der Waals surface area contributed by atoms with Gasteiger partial charge in [-0.05, 0) is 51.1 Å². The predicted molar refractivity (Wildman–Crippen MR) is 85.2 cm³/mol. The van der Waals surface area contributed by atoms with Crippen molar-refractivity contribution in [3.8, 4) is 0 Å². The van der Waals surface area contributed by atoms with Crippen LogP contribution in [-0.2, 0) is 6.42 Å². The van der Waals surface area contributed by atoms with Crippen LogP contribution in [0.25, 0.3) is 0 Å². The third-order valence-corrected chi connectivity index (χ3v) is 3.78. The second kappa shape index (κ2) is 8.80. The molecule has 2 unspecified atom stereocenters. The van der Waals surface area contributed by atoms with E-state index in [0.717, 1.165) is 31.0 Å². The summed E-state index contributed by atoms with van der Waals surface area (Å²) in [7, 11) is 2.06. The number of halogens is 2. The van der Waals surface area contributed by atoms with Gasteiger partial charge in [-0.3, -0.25) is 4.90 Å². The molecular weight excluding hydrogens is 279 g/mol. The Morgan fingerprint density at radius 2 is 1.89 bits per heavy atom. The molecule has 1 aromatic rings. The fourth-order valence-corrected chi connectivity index (χ4v) is 2.15. The van der Waals surface area contributed by atoms with Gasteiger partial charge in [-0.1, -0.05) is 30.7 Å². The molecule has 4 heteroatoms. The van der Waals surface area contributed by atoms with Crippen LogP contribution in [0.15, 0.2) is 24.3 Å². The second-order valence-corrected chi connectivity index (χ2v) is 6.06. The second-order valence-electron chi connectivity index (χ2n) is 5.00. The molecule has 0 heterocycles. The summed E-state index contributed by atoms with van der Waals surface area (Å²) < 4.78 is 0. The molecule has 2 atom stereocenters. The van der Waals surface area contributed by atoms with Crippen molar-refractivity contribution in [2.75, 3.05) is 20.1 Å². The van der Waals surface area contributed by atoms with E-state index < -0.39 is 0 Å². The Labute approximate surface area is 127 Å². The van der Waals surface area contributed by atoms with Crippen LogP contribution in [0.2, 0.25) is 5.02 Å². The first-order valence-electron chi connectivity index (χ1n) is 6.85. The van der Waals surface area contributed by atoms with Crippen LogP contribution in [0.4, 0.5) is 0 Å². The maximum Gasteiger partial charge on any atom is 0.0819 e. The minimum absolute atomic E-state index is 0.0520. The number of hydrogen-bond donors (Lipinski definition) is 1. The van der Waals surface area contributed by atoms with Crippen molar-refractivity contribution in [1.82, 2.24) is 10.2 Å². The zero-order valence-corrected chi connectivity index (χ0v) is 13.5. The lowest BCUT2D eigenvalue weighted by Gasteiger charge is -2.26. The standard InChI is InChI=1S/C15H24Cl2N2/c1-4-9-18-15(11-19(3)12(2)16)10-13-5-7-14(17)8-6-13/h5-8,12,15,18H,4,9-11H2,1-3H3. The minimum Gasteiger partial charge on any atom is -0.312 e. The molecule has 0 saturated carbocycles. The van der Waals surface area contributed by atoms with Crippen molar-refractivity contribution in [3.05, 3.63) is 34.9 Å². The SMILES string of the molecule is CCCNC(Cc1ccc(Cl)cc1)CN(C)C(C)Cl. The van der Waals surface area contributed by atoms with Crippen LogP contribution in [0.1, 0.15) is 25.8 Å². The van der Waals surface area contributed by atoms with Gasteiger partial charge in [0.1, 0.15) is 0 Å². The predicted octanol–water partition coefficient (Wildman–Crippen LogP) is 3.77. The number of nitrogens with zero attached hydrogens (tertiary/aromatic N) is 1. The molecule has 0 spiro atoms. The van der Waals surface area contributed by atoms with Crippen molar-refractivity contribution in [1.29, 1.82) is 0 Å². The maximum absolute atomic E-state index is 6.11. The van der Waals surface area contributed by atoms with Crippen molar-refractivity contribution in [2.24, 2.45) is 0 Å². The zero-order valence-electron chi connectivity index (χ0n) is 12.0. The van der Waals surface area contributed by atoms with Gasteiger partial charge in [0.05, 0.1) is 5.50 Å². The summed E-state index contributed by atoms with van der Waals surface area (Å²) in [6.45, 7) is 6.15. The van der Waals surface area contributed by atoms with E-state index in [1.54, 1.807) is 0 Å². The van der Waals surface area contributed by atoms with Gasteiger partial charge in [-0.25, -0.2) is 0 Å². The third kappa shape index (κ3) is 6.62. The molecule has 1 aromatic carbocycles. The summed E-state index contributed by atoms with van der Waals surface area (Å²) in [5.74, 6) is 0. The van der Waals surface area contributed by atoms with Gasteiger partial charge in [0.15, 0.2) is 0 Å². The van der Waals surface area contributed by atoms with E-state index in [1.807, 2.05) is 19.1 Å². The average molecular weight is 303 g/mol. The number of rotatable bonds is 8. The Morgan fingerprint density at radius 3 is 2.42 bits per heavy atom. The fourth-order valence-electron chi connectivity index (χ4n) is 1.95. The Hall–Kier alpha value is -0.280. The van der Waals surface area contributed by atoms with Gasteiger partial charge in [-0.15, -0.1) is 11.6 Å². The maximum atomic E-state index is 6.11. The highest BCUT2D eigenvalue weighted by Gasteiger charge is 2.14. The van der Waals surface area contributed by atoms with Crippen LogP contribution < -0.4 is 5.32 Å². The van der Waals surface area contributed by atoms with E-state index in [9.17, 15) is 0 Å². The van der Waals surface area contributed by atoms with Crippen LogP contribution in [-0.4, -0.2) is 36.6 Å². The van der Waals surface area contributed by atoms with Crippen molar-refractivity contribution >= 4 is 23.2 Å². The minimum atomic E-state index is 0.0520. The molecule has 0 saturated heterocycles. The quantitative estimate of drug-likeness (QED) is 0.581. The van der Waals surface area contributed by atoms with Gasteiger partial charge < -0.3 is 5.32 Å². The van der Waals surface area contributed by atoms with E-state index in [4.69, 9.17) is 23.2 Å². The number of hydrogen-bond acceptors (Lipinski definition) is 2. The lowest BCUT2D eigenvalue weighted by Crippen LogP contribution is -2.43. The smallest absolute Gasteiger partial charge is 0.0819 e. The fraction of sp³-hybridized carbons (Fsp3) is 0.600. The molecule has 2 nitrogen and oxygen atoms in total. The summed E-state index contributed by atoms with van der Waals surface area (Å²) in [6, 6.07) is 8.48. The molecule has 0 fully saturated rings. The molecule has 108 valence electrons. The highest BCUT2D eigenvalue weighted by Crippen LogP contribution is 2.12. The molecular formula is C15H24Cl2N2. The van der Waals surface area contributed by atoms with Crippen LogP contribution >= 0.6 is 23.2 Å². The van der Waals surface area contributed by atoms with Crippen molar-refractivity contribution in [2.45, 2.75) is 38.2 Å². The number of benzene rings is 1. The first kappa shape index (κ1) is 16.8. The van der Waals surface area contributed by atoms with E-state index in [0.29, 0.717) is 6.04 Å². The lowest BCUT2D eigenvalue weighted by molar-refractivity contribution is 0.277. The molecule has 0 aliphatic rings. The van der Waals surface area contributed by atoms with Gasteiger partial charge >= 0.3 is 0 Å². The normalized spacial score (nSPS) is 14.6. The van der Waals surface area contributed by atoms with Crippen LogP contribution in [0, 0.1) is 0 Å². The van der Waals surface area contributed by atoms with Crippen molar-refractivity contribution < 1.29 is 0 Å². The summed E-state index contributed by atoms with van der Waals surface area (Å²) in [5, 5.41) is 4.37. The van der Waals surface area contributed by atoms with Gasteiger partial charge in [0, 0.05) is 17.6 Å². The average Bonchev–Trinajstić information content (AvgIpc) is 2.38.